The van der Waals surface area contributed by atoms with E-state index < -0.39 is 0 Å². The highest BCUT2D eigenvalue weighted by molar-refractivity contribution is 6.06. The molecule has 4 atom stereocenters. The van der Waals surface area contributed by atoms with Gasteiger partial charge in [-0.25, -0.2) is 0 Å². The average Bonchev–Trinajstić information content (AvgIpc) is 3.32. The minimum atomic E-state index is -0.157. The first kappa shape index (κ1) is 17.7. The van der Waals surface area contributed by atoms with Gasteiger partial charge in [0.2, 0.25) is 17.7 Å². The average molecular weight is 359 g/mol. The van der Waals surface area contributed by atoms with Crippen LogP contribution in [0.4, 0.5) is 0 Å². The fourth-order valence-corrected chi connectivity index (χ4v) is 5.65. The number of nitrogens with one attached hydrogen (secondary N) is 1. The summed E-state index contributed by atoms with van der Waals surface area (Å²) in [6, 6.07) is 0. The molecule has 6 heteroatoms. The lowest BCUT2D eigenvalue weighted by molar-refractivity contribution is -0.141. The number of hydrogen-bond donors (Lipinski definition) is 2. The van der Waals surface area contributed by atoms with Gasteiger partial charge < -0.3 is 11.1 Å². The third kappa shape index (κ3) is 2.88. The van der Waals surface area contributed by atoms with Gasteiger partial charge in [0.25, 0.3) is 0 Å². The maximum absolute atomic E-state index is 12.6. The summed E-state index contributed by atoms with van der Waals surface area (Å²) < 4.78 is 0. The predicted octanol–water partition coefficient (Wildman–Crippen LogP) is 1.21. The van der Waals surface area contributed by atoms with Gasteiger partial charge in [-0.1, -0.05) is 31.4 Å². The van der Waals surface area contributed by atoms with Crippen LogP contribution in [0.25, 0.3) is 0 Å². The molecular weight excluding hydrogens is 330 g/mol. The lowest BCUT2D eigenvalue weighted by Gasteiger charge is -2.35. The van der Waals surface area contributed by atoms with Crippen molar-refractivity contribution in [3.8, 4) is 0 Å². The highest BCUT2D eigenvalue weighted by atomic mass is 16.2. The van der Waals surface area contributed by atoms with E-state index in [1.807, 2.05) is 0 Å². The van der Waals surface area contributed by atoms with Crippen LogP contribution in [0, 0.1) is 29.1 Å². The third-order valence-corrected chi connectivity index (χ3v) is 7.10. The Morgan fingerprint density at radius 2 is 1.73 bits per heavy atom. The molecule has 4 rings (SSSR count). The molecule has 1 saturated heterocycles. The van der Waals surface area contributed by atoms with Crippen molar-refractivity contribution in [2.75, 3.05) is 19.6 Å². The first-order valence-electron chi connectivity index (χ1n) is 10.0. The molecule has 3 aliphatic carbocycles. The molecule has 0 aromatic carbocycles. The summed E-state index contributed by atoms with van der Waals surface area (Å²) >= 11 is 0. The number of nitrogens with two attached hydrogens (primary N) is 1. The SMILES string of the molecule is NCC1(CC(=O)NCCN2C(=O)C3C4C=CC(C4)C3C2=O)CCCCC1. The van der Waals surface area contributed by atoms with Gasteiger partial charge in [0.15, 0.2) is 0 Å². The van der Waals surface area contributed by atoms with Crippen LogP contribution in [-0.4, -0.2) is 42.3 Å². The number of amides is 3. The predicted molar refractivity (Wildman–Crippen MR) is 96.6 cm³/mol. The normalized spacial score (nSPS) is 34.4. The number of allylic oxidation sites excluding steroid dienone is 2. The highest BCUT2D eigenvalue weighted by Crippen LogP contribution is 2.52. The van der Waals surface area contributed by atoms with E-state index in [1.54, 1.807) is 0 Å². The summed E-state index contributed by atoms with van der Waals surface area (Å²) in [6.07, 6.45) is 11.1. The molecule has 0 radical (unpaired) electrons. The Bertz CT molecular complexity index is 608. The summed E-state index contributed by atoms with van der Waals surface area (Å²) in [5, 5.41) is 2.90. The molecule has 4 aliphatic rings. The Labute approximate surface area is 154 Å². The molecule has 3 fully saturated rings. The van der Waals surface area contributed by atoms with Crippen LogP contribution in [0.3, 0.4) is 0 Å². The smallest absolute Gasteiger partial charge is 0.233 e. The number of hydrogen-bond acceptors (Lipinski definition) is 4. The van der Waals surface area contributed by atoms with Gasteiger partial charge >= 0.3 is 0 Å². The Balaban J connectivity index is 1.28. The zero-order chi connectivity index (χ0) is 18.3. The van der Waals surface area contributed by atoms with Crippen LogP contribution in [-0.2, 0) is 14.4 Å². The maximum Gasteiger partial charge on any atom is 0.233 e. The maximum atomic E-state index is 12.6. The zero-order valence-corrected chi connectivity index (χ0v) is 15.3. The molecular formula is C20H29N3O3. The van der Waals surface area contributed by atoms with Crippen molar-refractivity contribution in [2.24, 2.45) is 34.8 Å². The fourth-order valence-electron chi connectivity index (χ4n) is 5.65. The van der Waals surface area contributed by atoms with Crippen LogP contribution in [0.2, 0.25) is 0 Å². The Hall–Kier alpha value is -1.69. The van der Waals surface area contributed by atoms with Gasteiger partial charge in [0.1, 0.15) is 0 Å². The first-order valence-corrected chi connectivity index (χ1v) is 10.0. The standard InChI is InChI=1S/C20H29N3O3/c21-12-20(6-2-1-3-7-20)11-15(24)22-8-9-23-18(25)16-13-4-5-14(10-13)17(16)19(23)26/h4-5,13-14,16-17H,1-3,6-12,21H2,(H,22,24). The van der Waals surface area contributed by atoms with Crippen molar-refractivity contribution < 1.29 is 14.4 Å². The van der Waals surface area contributed by atoms with Crippen molar-refractivity contribution in [2.45, 2.75) is 44.9 Å². The van der Waals surface area contributed by atoms with E-state index in [9.17, 15) is 14.4 Å². The molecule has 26 heavy (non-hydrogen) atoms. The molecule has 4 unspecified atom stereocenters. The monoisotopic (exact) mass is 359 g/mol. The highest BCUT2D eigenvalue weighted by Gasteiger charge is 2.58. The molecule has 3 N–H and O–H groups in total. The summed E-state index contributed by atoms with van der Waals surface area (Å²) in [7, 11) is 0. The first-order chi connectivity index (χ1) is 12.5. The van der Waals surface area contributed by atoms with Crippen LogP contribution in [0.15, 0.2) is 12.2 Å². The summed E-state index contributed by atoms with van der Waals surface area (Å²) in [5.41, 5.74) is 5.89. The Morgan fingerprint density at radius 1 is 1.12 bits per heavy atom. The van der Waals surface area contributed by atoms with E-state index >= 15 is 0 Å². The summed E-state index contributed by atoms with van der Waals surface area (Å²) in [4.78, 5) is 39.0. The molecule has 1 aliphatic heterocycles. The Morgan fingerprint density at radius 3 is 2.31 bits per heavy atom. The van der Waals surface area contributed by atoms with Crippen molar-refractivity contribution >= 4 is 17.7 Å². The number of carbonyl (C=O) groups excluding carboxylic acids is 3. The van der Waals surface area contributed by atoms with Crippen molar-refractivity contribution in [3.05, 3.63) is 12.2 Å². The second-order valence-electron chi connectivity index (χ2n) is 8.62. The fraction of sp³-hybridized carbons (Fsp3) is 0.750. The largest absolute Gasteiger partial charge is 0.354 e. The van der Waals surface area contributed by atoms with Gasteiger partial charge in [0.05, 0.1) is 11.8 Å². The summed E-state index contributed by atoms with van der Waals surface area (Å²) in [6.45, 7) is 1.16. The van der Waals surface area contributed by atoms with E-state index in [0.717, 1.165) is 32.1 Å². The molecule has 3 amide bonds. The Kier molecular flexibility index (Phi) is 4.63. The van der Waals surface area contributed by atoms with Crippen molar-refractivity contribution in [1.29, 1.82) is 0 Å². The van der Waals surface area contributed by atoms with E-state index in [0.29, 0.717) is 19.5 Å². The van der Waals surface area contributed by atoms with Gasteiger partial charge in [0, 0.05) is 19.5 Å². The molecule has 142 valence electrons. The van der Waals surface area contributed by atoms with Crippen LogP contribution >= 0.6 is 0 Å². The van der Waals surface area contributed by atoms with Gasteiger partial charge in [-0.15, -0.1) is 0 Å². The second kappa shape index (κ2) is 6.80. The van der Waals surface area contributed by atoms with Gasteiger partial charge in [-0.2, -0.15) is 0 Å². The number of imide groups is 1. The van der Waals surface area contributed by atoms with Crippen molar-refractivity contribution in [3.63, 3.8) is 0 Å². The van der Waals surface area contributed by atoms with E-state index in [1.165, 1.54) is 11.3 Å². The number of carbonyl (C=O) groups is 3. The second-order valence-corrected chi connectivity index (χ2v) is 8.62. The molecule has 1 heterocycles. The topological polar surface area (TPSA) is 92.5 Å². The lowest BCUT2D eigenvalue weighted by atomic mass is 9.71. The van der Waals surface area contributed by atoms with Gasteiger partial charge in [-0.05, 0) is 43.1 Å². The number of rotatable bonds is 6. The van der Waals surface area contributed by atoms with Crippen LogP contribution in [0.5, 0.6) is 0 Å². The van der Waals surface area contributed by atoms with E-state index in [4.69, 9.17) is 5.73 Å². The number of fused-ring (bicyclic) bond motifs is 5. The van der Waals surface area contributed by atoms with Crippen molar-refractivity contribution in [1.82, 2.24) is 10.2 Å². The molecule has 6 nitrogen and oxygen atoms in total. The van der Waals surface area contributed by atoms with E-state index in [2.05, 4.69) is 17.5 Å². The van der Waals surface area contributed by atoms with E-state index in [-0.39, 0.29) is 53.4 Å². The lowest BCUT2D eigenvalue weighted by Crippen LogP contribution is -2.42. The molecule has 0 aromatic heterocycles. The van der Waals surface area contributed by atoms with Crippen LogP contribution < -0.4 is 11.1 Å². The van der Waals surface area contributed by atoms with Gasteiger partial charge in [-0.3, -0.25) is 19.3 Å². The quantitative estimate of drug-likeness (QED) is 0.551. The third-order valence-electron chi connectivity index (χ3n) is 7.10. The molecule has 0 aromatic rings. The number of likely N-dealkylation sites (tertiary alicyclic amines) is 1. The van der Waals surface area contributed by atoms with Crippen LogP contribution in [0.1, 0.15) is 44.9 Å². The zero-order valence-electron chi connectivity index (χ0n) is 15.3. The minimum absolute atomic E-state index is 0.0154. The summed E-state index contributed by atoms with van der Waals surface area (Å²) in [5.74, 6) is 0.0485. The molecule has 2 bridgehead atoms. The number of nitrogens with zero attached hydrogens (tertiary/aromatic N) is 1. The molecule has 2 saturated carbocycles. The molecule has 0 spiro atoms. The minimum Gasteiger partial charge on any atom is -0.354 e.